The van der Waals surface area contributed by atoms with Gasteiger partial charge in [0.25, 0.3) is 0 Å². The van der Waals surface area contributed by atoms with E-state index >= 15 is 0 Å². The predicted molar refractivity (Wildman–Crippen MR) is 47.8 cm³/mol. The molecule has 0 aromatic carbocycles. The maximum atomic E-state index is 9.87. The smallest absolute Gasteiger partial charge is 0.0959 e. The van der Waals surface area contributed by atoms with E-state index in [0.717, 1.165) is 12.0 Å². The molecule has 0 radical (unpaired) electrons. The number of aliphatic hydroxyl groups is 1. The number of rotatable bonds is 3. The molecule has 0 saturated heterocycles. The lowest BCUT2D eigenvalue weighted by Gasteiger charge is -2.30. The van der Waals surface area contributed by atoms with E-state index in [-0.39, 0.29) is 5.54 Å². The monoisotopic (exact) mass is 171 g/mol. The van der Waals surface area contributed by atoms with Gasteiger partial charge in [0, 0.05) is 12.0 Å². The summed E-state index contributed by atoms with van der Waals surface area (Å²) < 4.78 is 5.07. The van der Waals surface area contributed by atoms with Gasteiger partial charge in [0.2, 0.25) is 0 Å². The lowest BCUT2D eigenvalue weighted by atomic mass is 9.91. The minimum atomic E-state index is -0.454. The topological polar surface area (TPSA) is 41.5 Å². The first kappa shape index (κ1) is 9.55. The highest BCUT2D eigenvalue weighted by atomic mass is 16.5. The Morgan fingerprint density at radius 3 is 2.75 bits per heavy atom. The molecule has 3 heteroatoms. The summed E-state index contributed by atoms with van der Waals surface area (Å²) in [6, 6.07) is 0. The van der Waals surface area contributed by atoms with Gasteiger partial charge in [0.05, 0.1) is 19.0 Å². The van der Waals surface area contributed by atoms with E-state index < -0.39 is 6.10 Å². The van der Waals surface area contributed by atoms with Gasteiger partial charge in [-0.15, -0.1) is 0 Å². The minimum Gasteiger partial charge on any atom is -0.501 e. The minimum absolute atomic E-state index is 0.278. The summed E-state index contributed by atoms with van der Waals surface area (Å²) in [6.45, 7) is 4.64. The zero-order valence-corrected chi connectivity index (χ0v) is 7.92. The van der Waals surface area contributed by atoms with Crippen molar-refractivity contribution in [3.05, 3.63) is 11.8 Å². The molecule has 0 aromatic rings. The molecule has 0 bridgehead atoms. The molecule has 0 spiro atoms. The highest BCUT2D eigenvalue weighted by Gasteiger charge is 2.30. The van der Waals surface area contributed by atoms with Crippen molar-refractivity contribution in [1.82, 2.24) is 5.32 Å². The zero-order valence-electron chi connectivity index (χ0n) is 7.92. The van der Waals surface area contributed by atoms with Crippen LogP contribution in [-0.2, 0) is 4.74 Å². The first-order chi connectivity index (χ1) is 5.58. The lowest BCUT2D eigenvalue weighted by molar-refractivity contribution is 0.115. The number of aliphatic hydroxyl groups excluding tert-OH is 1. The molecular weight excluding hydrogens is 154 g/mol. The van der Waals surface area contributed by atoms with Crippen molar-refractivity contribution in [1.29, 1.82) is 0 Å². The van der Waals surface area contributed by atoms with Gasteiger partial charge < -0.3 is 15.2 Å². The Kier molecular flexibility index (Phi) is 2.75. The summed E-state index contributed by atoms with van der Waals surface area (Å²) in [4.78, 5) is 0. The van der Waals surface area contributed by atoms with E-state index in [1.807, 2.05) is 20.9 Å². The molecule has 3 nitrogen and oxygen atoms in total. The summed E-state index contributed by atoms with van der Waals surface area (Å²) in [7, 11) is 1.85. The molecule has 70 valence electrons. The van der Waals surface area contributed by atoms with Gasteiger partial charge in [-0.1, -0.05) is 0 Å². The largest absolute Gasteiger partial charge is 0.501 e. The number of ether oxygens (including phenoxy) is 1. The maximum absolute atomic E-state index is 9.87. The van der Waals surface area contributed by atoms with Crippen LogP contribution in [0.5, 0.6) is 0 Å². The van der Waals surface area contributed by atoms with Gasteiger partial charge in [0.15, 0.2) is 0 Å². The van der Waals surface area contributed by atoms with Crippen molar-refractivity contribution in [2.24, 2.45) is 0 Å². The van der Waals surface area contributed by atoms with Gasteiger partial charge in [-0.3, -0.25) is 0 Å². The fourth-order valence-corrected chi connectivity index (χ4v) is 1.20. The van der Waals surface area contributed by atoms with Gasteiger partial charge in [-0.05, 0) is 26.5 Å². The Hall–Kier alpha value is -0.540. The highest BCUT2D eigenvalue weighted by Crippen LogP contribution is 2.22. The fraction of sp³-hybridized carbons (Fsp3) is 0.778. The standard InChI is InChI=1S/C9H17NO2/c1-9(2,10-3)8(11)7-4-5-12-6-7/h6,8,10-11H,4-5H2,1-3H3. The molecule has 1 heterocycles. The third-order valence-corrected chi connectivity index (χ3v) is 2.42. The summed E-state index contributed by atoms with van der Waals surface area (Å²) in [5.41, 5.74) is 0.703. The molecule has 1 aliphatic heterocycles. The van der Waals surface area contributed by atoms with Crippen LogP contribution in [0.4, 0.5) is 0 Å². The van der Waals surface area contributed by atoms with Crippen molar-refractivity contribution in [2.45, 2.75) is 31.9 Å². The lowest BCUT2D eigenvalue weighted by Crippen LogP contribution is -2.48. The first-order valence-corrected chi connectivity index (χ1v) is 4.25. The van der Waals surface area contributed by atoms with Gasteiger partial charge in [-0.2, -0.15) is 0 Å². The molecule has 0 amide bonds. The predicted octanol–water partition coefficient (Wildman–Crippen LogP) is 0.649. The summed E-state index contributed by atoms with van der Waals surface area (Å²) in [5.74, 6) is 0. The van der Waals surface area contributed by atoms with Crippen molar-refractivity contribution < 1.29 is 9.84 Å². The van der Waals surface area contributed by atoms with Crippen LogP contribution in [0.1, 0.15) is 20.3 Å². The van der Waals surface area contributed by atoms with Crippen LogP contribution in [0.3, 0.4) is 0 Å². The molecule has 0 aromatic heterocycles. The van der Waals surface area contributed by atoms with Crippen LogP contribution in [-0.4, -0.2) is 30.4 Å². The average molecular weight is 171 g/mol. The number of nitrogens with one attached hydrogen (secondary N) is 1. The molecule has 1 unspecified atom stereocenters. The van der Waals surface area contributed by atoms with Crippen molar-refractivity contribution >= 4 is 0 Å². The summed E-state index contributed by atoms with van der Waals surface area (Å²) in [6.07, 6.45) is 2.06. The second-order valence-corrected chi connectivity index (χ2v) is 3.69. The second-order valence-electron chi connectivity index (χ2n) is 3.69. The second kappa shape index (κ2) is 3.46. The Labute approximate surface area is 73.4 Å². The highest BCUT2D eigenvalue weighted by molar-refractivity contribution is 5.14. The quantitative estimate of drug-likeness (QED) is 0.655. The molecule has 0 saturated carbocycles. The molecule has 1 aliphatic rings. The third kappa shape index (κ3) is 1.79. The fourth-order valence-electron chi connectivity index (χ4n) is 1.20. The van der Waals surface area contributed by atoms with E-state index in [2.05, 4.69) is 5.32 Å². The molecule has 1 atom stereocenters. The third-order valence-electron chi connectivity index (χ3n) is 2.42. The van der Waals surface area contributed by atoms with E-state index in [1.165, 1.54) is 0 Å². The molecule has 2 N–H and O–H groups in total. The van der Waals surface area contributed by atoms with E-state index in [1.54, 1.807) is 6.26 Å². The number of hydrogen-bond acceptors (Lipinski definition) is 3. The van der Waals surface area contributed by atoms with E-state index in [0.29, 0.717) is 6.61 Å². The Morgan fingerprint density at radius 2 is 2.33 bits per heavy atom. The van der Waals surface area contributed by atoms with Crippen molar-refractivity contribution in [3.8, 4) is 0 Å². The van der Waals surface area contributed by atoms with Crippen LogP contribution in [0, 0.1) is 0 Å². The maximum Gasteiger partial charge on any atom is 0.0959 e. The molecule has 0 aliphatic carbocycles. The Balaban J connectivity index is 2.62. The van der Waals surface area contributed by atoms with Crippen LogP contribution >= 0.6 is 0 Å². The Bertz CT molecular complexity index is 187. The zero-order chi connectivity index (χ0) is 9.19. The van der Waals surface area contributed by atoms with Crippen LogP contribution in [0.15, 0.2) is 11.8 Å². The Morgan fingerprint density at radius 1 is 1.67 bits per heavy atom. The molecular formula is C9H17NO2. The summed E-state index contributed by atoms with van der Waals surface area (Å²) in [5, 5.41) is 12.9. The van der Waals surface area contributed by atoms with Crippen molar-refractivity contribution in [3.63, 3.8) is 0 Å². The molecule has 12 heavy (non-hydrogen) atoms. The average Bonchev–Trinajstić information content (AvgIpc) is 2.55. The first-order valence-electron chi connectivity index (χ1n) is 4.25. The van der Waals surface area contributed by atoms with Gasteiger partial charge >= 0.3 is 0 Å². The molecule has 0 fully saturated rings. The van der Waals surface area contributed by atoms with Gasteiger partial charge in [0.1, 0.15) is 0 Å². The number of likely N-dealkylation sites (N-methyl/N-ethyl adjacent to an activating group) is 1. The molecule has 1 rings (SSSR count). The van der Waals surface area contributed by atoms with E-state index in [9.17, 15) is 5.11 Å². The van der Waals surface area contributed by atoms with Crippen molar-refractivity contribution in [2.75, 3.05) is 13.7 Å². The van der Waals surface area contributed by atoms with Crippen LogP contribution in [0.25, 0.3) is 0 Å². The van der Waals surface area contributed by atoms with Crippen LogP contribution in [0.2, 0.25) is 0 Å². The number of hydrogen-bond donors (Lipinski definition) is 2. The van der Waals surface area contributed by atoms with E-state index in [4.69, 9.17) is 4.74 Å². The van der Waals surface area contributed by atoms with Crippen LogP contribution < -0.4 is 5.32 Å². The summed E-state index contributed by atoms with van der Waals surface area (Å²) >= 11 is 0. The SMILES string of the molecule is CNC(C)(C)C(O)C1=COCC1. The normalized spacial score (nSPS) is 20.2. The van der Waals surface area contributed by atoms with Gasteiger partial charge in [-0.25, -0.2) is 0 Å².